The number of ether oxygens (including phenoxy) is 1. The van der Waals surface area contributed by atoms with E-state index in [0.29, 0.717) is 12.5 Å². The van der Waals surface area contributed by atoms with E-state index in [1.807, 2.05) is 13.0 Å². The van der Waals surface area contributed by atoms with Crippen LogP contribution in [0.4, 0.5) is 16.4 Å². The lowest BCUT2D eigenvalue weighted by Gasteiger charge is -2.10. The van der Waals surface area contributed by atoms with Gasteiger partial charge in [-0.2, -0.15) is 0 Å². The lowest BCUT2D eigenvalue weighted by Crippen LogP contribution is -2.19. The van der Waals surface area contributed by atoms with Crippen LogP contribution in [0.5, 0.6) is 0 Å². The van der Waals surface area contributed by atoms with Gasteiger partial charge >= 0.3 is 6.09 Å². The first-order chi connectivity index (χ1) is 9.19. The van der Waals surface area contributed by atoms with Crippen molar-refractivity contribution in [2.45, 2.75) is 25.7 Å². The molecule has 0 bridgehead atoms. The van der Waals surface area contributed by atoms with Crippen molar-refractivity contribution < 1.29 is 9.53 Å². The zero-order chi connectivity index (χ0) is 13.7. The maximum atomic E-state index is 10.4. The minimum absolute atomic E-state index is 0.217. The second kappa shape index (κ2) is 6.21. The first kappa shape index (κ1) is 13.4. The summed E-state index contributed by atoms with van der Waals surface area (Å²) in [5, 5.41) is 6.28. The van der Waals surface area contributed by atoms with E-state index >= 15 is 0 Å². The molecule has 1 aromatic heterocycles. The number of carbonyl (C=O) groups excluding carboxylic acids is 1. The lowest BCUT2D eigenvalue weighted by molar-refractivity contribution is 0.161. The molecule has 1 fully saturated rings. The molecule has 1 aliphatic rings. The Balaban J connectivity index is 1.95. The highest BCUT2D eigenvalue weighted by Gasteiger charge is 2.27. The molecular formula is C12H19N5O2. The van der Waals surface area contributed by atoms with E-state index in [2.05, 4.69) is 25.3 Å². The molecular weight excluding hydrogens is 246 g/mol. The minimum atomic E-state index is -0.767. The second-order valence-corrected chi connectivity index (χ2v) is 4.40. The van der Waals surface area contributed by atoms with Gasteiger partial charge in [0.15, 0.2) is 0 Å². The number of anilines is 2. The summed E-state index contributed by atoms with van der Waals surface area (Å²) >= 11 is 0. The number of hydrogen-bond donors (Lipinski definition) is 3. The van der Waals surface area contributed by atoms with Gasteiger partial charge in [0, 0.05) is 18.5 Å². The van der Waals surface area contributed by atoms with Crippen LogP contribution in [-0.4, -0.2) is 35.8 Å². The Morgan fingerprint density at radius 1 is 1.42 bits per heavy atom. The molecule has 0 atom stereocenters. The third-order valence-corrected chi connectivity index (χ3v) is 2.70. The number of aromatic nitrogens is 2. The van der Waals surface area contributed by atoms with E-state index in [1.165, 1.54) is 0 Å². The number of rotatable bonds is 7. The Morgan fingerprint density at radius 2 is 2.11 bits per heavy atom. The minimum Gasteiger partial charge on any atom is -0.448 e. The van der Waals surface area contributed by atoms with Crippen molar-refractivity contribution in [3.05, 3.63) is 11.9 Å². The fourth-order valence-corrected chi connectivity index (χ4v) is 1.68. The monoisotopic (exact) mass is 265 g/mol. The highest BCUT2D eigenvalue weighted by Crippen LogP contribution is 2.38. The van der Waals surface area contributed by atoms with Crippen molar-refractivity contribution in [3.63, 3.8) is 0 Å². The number of nitrogens with one attached hydrogen (secondary N) is 2. The van der Waals surface area contributed by atoms with Gasteiger partial charge in [0.1, 0.15) is 24.1 Å². The molecule has 0 spiro atoms. The summed E-state index contributed by atoms with van der Waals surface area (Å²) in [5.74, 6) is 2.91. The van der Waals surface area contributed by atoms with Gasteiger partial charge in [-0.1, -0.05) is 0 Å². The molecule has 0 aliphatic heterocycles. The Hall–Kier alpha value is -2.05. The third kappa shape index (κ3) is 4.27. The Kier molecular flexibility index (Phi) is 4.38. The first-order valence-electron chi connectivity index (χ1n) is 6.48. The van der Waals surface area contributed by atoms with Gasteiger partial charge in [0.25, 0.3) is 0 Å². The van der Waals surface area contributed by atoms with Crippen LogP contribution in [0.15, 0.2) is 6.07 Å². The fourth-order valence-electron chi connectivity index (χ4n) is 1.68. The molecule has 1 aliphatic carbocycles. The molecule has 1 heterocycles. The van der Waals surface area contributed by atoms with E-state index in [-0.39, 0.29) is 6.61 Å². The van der Waals surface area contributed by atoms with Crippen LogP contribution in [0.1, 0.15) is 31.5 Å². The van der Waals surface area contributed by atoms with Crippen molar-refractivity contribution in [2.75, 3.05) is 30.3 Å². The summed E-state index contributed by atoms with van der Waals surface area (Å²) in [6.45, 7) is 3.52. The summed E-state index contributed by atoms with van der Waals surface area (Å²) < 4.78 is 4.65. The van der Waals surface area contributed by atoms with Crippen molar-refractivity contribution >= 4 is 17.7 Å². The van der Waals surface area contributed by atoms with Gasteiger partial charge in [0.05, 0.1) is 6.54 Å². The van der Waals surface area contributed by atoms with E-state index < -0.39 is 6.09 Å². The standard InChI is InChI=1S/C12H19N5O2/c1-2-14-9-7-10(15-5-6-19-12(13)18)17-11(16-9)8-3-4-8/h7-8H,2-6H2,1H3,(H2,13,18)(H2,14,15,16,17). The summed E-state index contributed by atoms with van der Waals surface area (Å²) in [7, 11) is 0. The molecule has 1 saturated carbocycles. The predicted octanol–water partition coefficient (Wildman–Crippen LogP) is 1.29. The van der Waals surface area contributed by atoms with E-state index in [1.54, 1.807) is 0 Å². The molecule has 1 amide bonds. The van der Waals surface area contributed by atoms with Crippen LogP contribution in [0.2, 0.25) is 0 Å². The van der Waals surface area contributed by atoms with Crippen LogP contribution in [0.3, 0.4) is 0 Å². The zero-order valence-corrected chi connectivity index (χ0v) is 11.0. The van der Waals surface area contributed by atoms with Gasteiger partial charge < -0.3 is 21.1 Å². The SMILES string of the molecule is CCNc1cc(NCCOC(N)=O)nc(C2CC2)n1. The van der Waals surface area contributed by atoms with Gasteiger partial charge in [-0.15, -0.1) is 0 Å². The summed E-state index contributed by atoms with van der Waals surface area (Å²) in [6, 6.07) is 1.85. The second-order valence-electron chi connectivity index (χ2n) is 4.40. The molecule has 0 saturated heterocycles. The van der Waals surface area contributed by atoms with Crippen molar-refractivity contribution in [3.8, 4) is 0 Å². The van der Waals surface area contributed by atoms with Crippen molar-refractivity contribution in [1.29, 1.82) is 0 Å². The summed E-state index contributed by atoms with van der Waals surface area (Å²) in [4.78, 5) is 19.4. The highest BCUT2D eigenvalue weighted by atomic mass is 16.5. The predicted molar refractivity (Wildman–Crippen MR) is 72.2 cm³/mol. The van der Waals surface area contributed by atoms with Gasteiger partial charge in [-0.05, 0) is 19.8 Å². The number of nitrogens with zero attached hydrogens (tertiary/aromatic N) is 2. The summed E-state index contributed by atoms with van der Waals surface area (Å²) in [6.07, 6.45) is 1.54. The normalized spacial score (nSPS) is 13.9. The van der Waals surface area contributed by atoms with Crippen LogP contribution in [-0.2, 0) is 4.74 Å². The number of carbonyl (C=O) groups is 1. The zero-order valence-electron chi connectivity index (χ0n) is 11.0. The van der Waals surface area contributed by atoms with Crippen LogP contribution < -0.4 is 16.4 Å². The van der Waals surface area contributed by atoms with Gasteiger partial charge in [-0.3, -0.25) is 0 Å². The highest BCUT2D eigenvalue weighted by molar-refractivity contribution is 5.64. The van der Waals surface area contributed by atoms with E-state index in [4.69, 9.17) is 5.73 Å². The fraction of sp³-hybridized carbons (Fsp3) is 0.583. The molecule has 7 heteroatoms. The van der Waals surface area contributed by atoms with Gasteiger partial charge in [0.2, 0.25) is 0 Å². The average molecular weight is 265 g/mol. The maximum absolute atomic E-state index is 10.4. The van der Waals surface area contributed by atoms with Crippen LogP contribution >= 0.6 is 0 Å². The van der Waals surface area contributed by atoms with E-state index in [0.717, 1.165) is 36.8 Å². The average Bonchev–Trinajstić information content (AvgIpc) is 3.19. The molecule has 0 unspecified atom stereocenters. The van der Waals surface area contributed by atoms with Crippen molar-refractivity contribution in [2.24, 2.45) is 5.73 Å². The topological polar surface area (TPSA) is 102 Å². The number of hydrogen-bond acceptors (Lipinski definition) is 6. The molecule has 0 aromatic carbocycles. The third-order valence-electron chi connectivity index (χ3n) is 2.70. The maximum Gasteiger partial charge on any atom is 0.404 e. The smallest absolute Gasteiger partial charge is 0.404 e. The first-order valence-corrected chi connectivity index (χ1v) is 6.48. The Labute approximate surface area is 111 Å². The largest absolute Gasteiger partial charge is 0.448 e. The molecule has 7 nitrogen and oxygen atoms in total. The molecule has 1 aromatic rings. The van der Waals surface area contributed by atoms with Crippen molar-refractivity contribution in [1.82, 2.24) is 9.97 Å². The molecule has 19 heavy (non-hydrogen) atoms. The molecule has 0 radical (unpaired) electrons. The van der Waals surface area contributed by atoms with Crippen LogP contribution in [0.25, 0.3) is 0 Å². The molecule has 2 rings (SSSR count). The Morgan fingerprint density at radius 3 is 2.68 bits per heavy atom. The quantitative estimate of drug-likeness (QED) is 0.642. The van der Waals surface area contributed by atoms with Crippen LogP contribution in [0, 0.1) is 0 Å². The molecule has 4 N–H and O–H groups in total. The number of primary amides is 1. The van der Waals surface area contributed by atoms with Gasteiger partial charge in [-0.25, -0.2) is 14.8 Å². The lowest BCUT2D eigenvalue weighted by atomic mass is 10.3. The summed E-state index contributed by atoms with van der Waals surface area (Å²) in [5.41, 5.74) is 4.88. The number of amides is 1. The number of nitrogens with two attached hydrogens (primary N) is 1. The molecule has 104 valence electrons. The van der Waals surface area contributed by atoms with E-state index in [9.17, 15) is 4.79 Å². The Bertz CT molecular complexity index is 448.